The smallest absolute Gasteiger partial charge is 0.220 e. The van der Waals surface area contributed by atoms with Crippen molar-refractivity contribution in [2.45, 2.75) is 198 Å². The molecule has 0 aromatic heterocycles. The Hall–Kier alpha value is -3.93. The van der Waals surface area contributed by atoms with Crippen molar-refractivity contribution in [1.29, 1.82) is 0 Å². The minimum atomic E-state index is -1.57. The fraction of sp³-hybridized carbons (Fsp3) is 0.569. The molecule has 1 fully saturated rings. The van der Waals surface area contributed by atoms with Gasteiger partial charge in [-0.25, -0.2) is 0 Å². The molecule has 0 aromatic rings. The van der Waals surface area contributed by atoms with Crippen molar-refractivity contribution in [3.8, 4) is 0 Å². The van der Waals surface area contributed by atoms with Gasteiger partial charge in [0.1, 0.15) is 24.4 Å². The lowest BCUT2D eigenvalue weighted by Gasteiger charge is -2.40. The molecule has 7 unspecified atom stereocenters. The van der Waals surface area contributed by atoms with Crippen LogP contribution in [0.1, 0.15) is 155 Å². The third-order valence-electron chi connectivity index (χ3n) is 10.9. The van der Waals surface area contributed by atoms with Gasteiger partial charge in [0.15, 0.2) is 6.29 Å². The molecule has 1 aliphatic rings. The van der Waals surface area contributed by atoms with Gasteiger partial charge < -0.3 is 40.3 Å². The third kappa shape index (κ3) is 35.8. The number of carbonyl (C=O) groups is 1. The fourth-order valence-corrected chi connectivity index (χ4v) is 6.87. The summed E-state index contributed by atoms with van der Waals surface area (Å²) in [5.41, 5.74) is 0. The average molecular weight is 930 g/mol. The van der Waals surface area contributed by atoms with E-state index < -0.39 is 49.5 Å². The Morgan fingerprint density at radius 1 is 0.522 bits per heavy atom. The highest BCUT2D eigenvalue weighted by Crippen LogP contribution is 2.22. The van der Waals surface area contributed by atoms with Crippen LogP contribution in [-0.4, -0.2) is 87.5 Å². The Morgan fingerprint density at radius 2 is 0.925 bits per heavy atom. The number of carbonyl (C=O) groups excluding carboxylic acids is 1. The summed E-state index contributed by atoms with van der Waals surface area (Å²) >= 11 is 0. The van der Waals surface area contributed by atoms with Gasteiger partial charge in [0.2, 0.25) is 5.91 Å². The maximum atomic E-state index is 12.8. The molecular formula is C58H91NO8. The van der Waals surface area contributed by atoms with Gasteiger partial charge in [-0.2, -0.15) is 0 Å². The number of hydrogen-bond acceptors (Lipinski definition) is 8. The second-order valence-corrected chi connectivity index (χ2v) is 16.9. The largest absolute Gasteiger partial charge is 0.394 e. The van der Waals surface area contributed by atoms with Gasteiger partial charge in [-0.05, 0) is 96.3 Å². The number of aliphatic hydroxyl groups excluding tert-OH is 5. The van der Waals surface area contributed by atoms with Gasteiger partial charge >= 0.3 is 0 Å². The van der Waals surface area contributed by atoms with E-state index in [1.807, 2.05) is 13.0 Å². The van der Waals surface area contributed by atoms with Crippen LogP contribution in [0.4, 0.5) is 0 Å². The van der Waals surface area contributed by atoms with Crippen molar-refractivity contribution in [2.75, 3.05) is 13.2 Å². The predicted octanol–water partition coefficient (Wildman–Crippen LogP) is 11.9. The highest BCUT2D eigenvalue weighted by atomic mass is 16.7. The Bertz CT molecular complexity index is 1550. The molecule has 0 saturated carbocycles. The lowest BCUT2D eigenvalue weighted by Crippen LogP contribution is -2.60. The van der Waals surface area contributed by atoms with Crippen molar-refractivity contribution < 1.29 is 39.8 Å². The number of aliphatic hydroxyl groups is 5. The van der Waals surface area contributed by atoms with Gasteiger partial charge in [0.25, 0.3) is 0 Å². The molecule has 67 heavy (non-hydrogen) atoms. The van der Waals surface area contributed by atoms with Gasteiger partial charge in [-0.1, -0.05) is 198 Å². The van der Waals surface area contributed by atoms with Crippen LogP contribution in [0.3, 0.4) is 0 Å². The van der Waals surface area contributed by atoms with E-state index in [-0.39, 0.29) is 12.5 Å². The van der Waals surface area contributed by atoms with E-state index in [1.54, 1.807) is 6.08 Å². The van der Waals surface area contributed by atoms with E-state index in [4.69, 9.17) is 9.47 Å². The van der Waals surface area contributed by atoms with E-state index in [2.05, 4.69) is 146 Å². The molecule has 0 spiro atoms. The molecule has 7 atom stereocenters. The normalized spacial score (nSPS) is 21.0. The van der Waals surface area contributed by atoms with Crippen molar-refractivity contribution in [2.24, 2.45) is 0 Å². The van der Waals surface area contributed by atoms with Gasteiger partial charge in [0, 0.05) is 6.42 Å². The van der Waals surface area contributed by atoms with Crippen molar-refractivity contribution in [1.82, 2.24) is 5.32 Å². The monoisotopic (exact) mass is 930 g/mol. The summed E-state index contributed by atoms with van der Waals surface area (Å²) < 4.78 is 11.0. The average Bonchev–Trinajstić information content (AvgIpc) is 3.33. The molecular weight excluding hydrogens is 839 g/mol. The number of nitrogens with one attached hydrogen (secondary N) is 1. The van der Waals surface area contributed by atoms with E-state index in [9.17, 15) is 30.3 Å². The van der Waals surface area contributed by atoms with Crippen LogP contribution >= 0.6 is 0 Å². The molecule has 1 amide bonds. The molecule has 6 N–H and O–H groups in total. The number of amides is 1. The zero-order chi connectivity index (χ0) is 48.7. The number of rotatable bonds is 40. The van der Waals surface area contributed by atoms with Crippen LogP contribution in [0, 0.1) is 0 Å². The quantitative estimate of drug-likeness (QED) is 0.0263. The van der Waals surface area contributed by atoms with E-state index in [0.29, 0.717) is 6.42 Å². The maximum Gasteiger partial charge on any atom is 0.220 e. The Kier molecular flexibility index (Phi) is 41.8. The van der Waals surface area contributed by atoms with Gasteiger partial charge in [-0.3, -0.25) is 4.79 Å². The van der Waals surface area contributed by atoms with Crippen LogP contribution < -0.4 is 5.32 Å². The van der Waals surface area contributed by atoms with Crippen LogP contribution in [0.15, 0.2) is 146 Å². The van der Waals surface area contributed by atoms with E-state index >= 15 is 0 Å². The van der Waals surface area contributed by atoms with Crippen LogP contribution in [0.5, 0.6) is 0 Å². The summed E-state index contributed by atoms with van der Waals surface area (Å²) in [5, 5.41) is 53.4. The van der Waals surface area contributed by atoms with Crippen LogP contribution in [0.2, 0.25) is 0 Å². The summed E-state index contributed by atoms with van der Waals surface area (Å²) in [4.78, 5) is 12.8. The van der Waals surface area contributed by atoms with Crippen molar-refractivity contribution in [3.63, 3.8) is 0 Å². The number of allylic oxidation sites excluding steroid dienone is 23. The predicted molar refractivity (Wildman–Crippen MR) is 280 cm³/mol. The highest BCUT2D eigenvalue weighted by molar-refractivity contribution is 5.76. The zero-order valence-corrected chi connectivity index (χ0v) is 41.3. The Labute approximate surface area is 406 Å². The van der Waals surface area contributed by atoms with E-state index in [1.165, 1.54) is 19.3 Å². The van der Waals surface area contributed by atoms with Crippen molar-refractivity contribution >= 4 is 5.91 Å². The van der Waals surface area contributed by atoms with Crippen LogP contribution in [-0.2, 0) is 14.3 Å². The molecule has 1 aliphatic heterocycles. The molecule has 1 rings (SSSR count). The minimum absolute atomic E-state index is 0.207. The molecule has 1 heterocycles. The second kappa shape index (κ2) is 45.8. The van der Waals surface area contributed by atoms with Gasteiger partial charge in [0.05, 0.1) is 25.4 Å². The first-order valence-electron chi connectivity index (χ1n) is 25.6. The molecule has 0 bridgehead atoms. The fourth-order valence-electron chi connectivity index (χ4n) is 6.87. The lowest BCUT2D eigenvalue weighted by molar-refractivity contribution is -0.302. The summed E-state index contributed by atoms with van der Waals surface area (Å²) in [5.74, 6) is -0.209. The lowest BCUT2D eigenvalue weighted by atomic mass is 9.99. The SMILES string of the molecule is CC/C=C\C/C=C\C/C=C\C/C=C\C/C=C\C/C=C\C/C=C\C/C=C\C/C=C\C/C=C\C/C=C\CCCCCCCCCC(=O)NC(COC1OC(CO)C(O)C(O)C1O)C(O)/C=C/CCC. The highest BCUT2D eigenvalue weighted by Gasteiger charge is 2.44. The standard InChI is InChI=1S/C58H91NO8/c1-3-5-7-8-9-10-11-12-13-14-15-16-17-18-19-20-21-22-23-24-25-26-27-28-29-30-31-32-33-34-35-36-37-38-39-40-41-42-43-44-46-48-54(62)59-51(52(61)47-45-6-4-2)50-66-58-57(65)56(64)55(63)53(49-60)67-58/h5,7,9-10,12-13,15-16,18-19,21-22,24-25,27-28,30-31,33-34,36-37,45,47,51-53,55-58,60-61,63-65H,3-4,6,8,11,14,17,20,23,26,29,32,35,38-44,46,48-50H2,1-2H3,(H,59,62)/b7-5-,10-9-,13-12-,16-15-,19-18-,22-21-,25-24-,28-27-,31-30-,34-33-,37-36-,47-45+. The third-order valence-corrected chi connectivity index (χ3v) is 10.9. The first-order valence-corrected chi connectivity index (χ1v) is 25.6. The summed E-state index contributed by atoms with van der Waals surface area (Å²) in [6.45, 7) is 3.40. The maximum absolute atomic E-state index is 12.8. The first kappa shape index (κ1) is 61.1. The Balaban J connectivity index is 2.05. The molecule has 0 aliphatic carbocycles. The molecule has 1 saturated heterocycles. The molecule has 0 radical (unpaired) electrons. The minimum Gasteiger partial charge on any atom is -0.394 e. The first-order chi connectivity index (χ1) is 32.8. The number of ether oxygens (including phenoxy) is 2. The number of unbranched alkanes of at least 4 members (excludes halogenated alkanes) is 8. The summed E-state index contributed by atoms with van der Waals surface area (Å²) in [7, 11) is 0. The van der Waals surface area contributed by atoms with Crippen LogP contribution in [0.25, 0.3) is 0 Å². The summed E-state index contributed by atoms with van der Waals surface area (Å²) in [6.07, 6.45) is 65.9. The topological polar surface area (TPSA) is 149 Å². The van der Waals surface area contributed by atoms with E-state index in [0.717, 1.165) is 116 Å². The molecule has 376 valence electrons. The Morgan fingerprint density at radius 3 is 1.34 bits per heavy atom. The van der Waals surface area contributed by atoms with Gasteiger partial charge in [-0.15, -0.1) is 0 Å². The summed E-state index contributed by atoms with van der Waals surface area (Å²) in [6, 6.07) is -0.816. The number of hydrogen-bond donors (Lipinski definition) is 6. The zero-order valence-electron chi connectivity index (χ0n) is 41.3. The van der Waals surface area contributed by atoms with Crippen molar-refractivity contribution in [3.05, 3.63) is 146 Å². The second-order valence-electron chi connectivity index (χ2n) is 16.9. The molecule has 0 aromatic carbocycles. The molecule has 9 heteroatoms. The molecule has 9 nitrogen and oxygen atoms in total.